The van der Waals surface area contributed by atoms with Crippen LogP contribution in [0.5, 0.6) is 0 Å². The molecule has 2 aromatic rings. The molecule has 0 bridgehead atoms. The summed E-state index contributed by atoms with van der Waals surface area (Å²) < 4.78 is 27.2. The summed E-state index contributed by atoms with van der Waals surface area (Å²) in [4.78, 5) is 41.5. The zero-order valence-corrected chi connectivity index (χ0v) is 21.4. The fraction of sp³-hybridized carbons (Fsp3) is 0.542. The molecule has 0 saturated carbocycles. The molecule has 0 unspecified atom stereocenters. The van der Waals surface area contributed by atoms with Gasteiger partial charge in [-0.25, -0.2) is 18.7 Å². The van der Waals surface area contributed by atoms with Crippen LogP contribution in [0.15, 0.2) is 24.4 Å². The van der Waals surface area contributed by atoms with Crippen molar-refractivity contribution in [3.63, 3.8) is 0 Å². The van der Waals surface area contributed by atoms with Gasteiger partial charge < -0.3 is 24.6 Å². The fourth-order valence-corrected chi connectivity index (χ4v) is 4.21. The highest BCUT2D eigenvalue weighted by Gasteiger charge is 2.33. The van der Waals surface area contributed by atoms with Crippen molar-refractivity contribution in [3.05, 3.63) is 35.9 Å². The van der Waals surface area contributed by atoms with E-state index in [0.717, 1.165) is 5.69 Å². The van der Waals surface area contributed by atoms with Crippen LogP contribution >= 0.6 is 0 Å². The number of ether oxygens (including phenoxy) is 2. The van der Waals surface area contributed by atoms with Crippen molar-refractivity contribution in [1.29, 1.82) is 0 Å². The van der Waals surface area contributed by atoms with Crippen LogP contribution in [-0.2, 0) is 20.8 Å². The molecule has 0 radical (unpaired) electrons. The summed E-state index contributed by atoms with van der Waals surface area (Å²) in [5.74, 6) is -0.698. The van der Waals surface area contributed by atoms with Crippen molar-refractivity contribution in [2.24, 2.45) is 0 Å². The first-order valence-electron chi connectivity index (χ1n) is 12.1. The second kappa shape index (κ2) is 10.6. The Morgan fingerprint density at radius 3 is 2.57 bits per heavy atom. The van der Waals surface area contributed by atoms with Crippen LogP contribution in [0.3, 0.4) is 0 Å². The molecule has 13 heteroatoms. The molecule has 2 fully saturated rings. The lowest BCUT2D eigenvalue weighted by Crippen LogP contribution is -2.51. The maximum atomic E-state index is 15.1. The lowest BCUT2D eigenvalue weighted by atomic mass is 10.2. The number of piperazine rings is 1. The van der Waals surface area contributed by atoms with Crippen LogP contribution in [0.4, 0.5) is 25.4 Å². The van der Waals surface area contributed by atoms with Gasteiger partial charge in [-0.2, -0.15) is 0 Å². The topological polar surface area (TPSA) is 122 Å². The van der Waals surface area contributed by atoms with E-state index in [1.54, 1.807) is 48.7 Å². The summed E-state index contributed by atoms with van der Waals surface area (Å²) in [6.07, 6.45) is 0.145. The highest BCUT2D eigenvalue weighted by Crippen LogP contribution is 2.29. The van der Waals surface area contributed by atoms with E-state index in [1.165, 1.54) is 11.0 Å². The lowest BCUT2D eigenvalue weighted by molar-refractivity contribution is -0.130. The molecular weight excluding hydrogens is 485 g/mol. The van der Waals surface area contributed by atoms with Crippen molar-refractivity contribution in [3.8, 4) is 0 Å². The van der Waals surface area contributed by atoms with Gasteiger partial charge in [-0.3, -0.25) is 9.69 Å². The average molecular weight is 518 g/mol. The third-order valence-corrected chi connectivity index (χ3v) is 5.92. The van der Waals surface area contributed by atoms with Crippen LogP contribution in [0, 0.1) is 12.7 Å². The first kappa shape index (κ1) is 26.2. The minimum absolute atomic E-state index is 0.165. The molecule has 2 saturated heterocycles. The average Bonchev–Trinajstić information content (AvgIpc) is 3.41. The molecule has 1 aromatic carbocycles. The van der Waals surface area contributed by atoms with E-state index in [9.17, 15) is 14.4 Å². The number of cyclic esters (lactones) is 1. The lowest BCUT2D eigenvalue weighted by Gasteiger charge is -2.36. The maximum absolute atomic E-state index is 15.1. The molecular formula is C24H32FN7O5. The van der Waals surface area contributed by atoms with Crippen LogP contribution in [0.2, 0.25) is 0 Å². The molecule has 1 aromatic heterocycles. The normalized spacial score (nSPS) is 18.1. The van der Waals surface area contributed by atoms with E-state index >= 15 is 4.39 Å². The molecule has 0 spiro atoms. The minimum Gasteiger partial charge on any atom is -0.444 e. The summed E-state index contributed by atoms with van der Waals surface area (Å²) in [7, 11) is 0. The second-order valence-corrected chi connectivity index (χ2v) is 10.1. The zero-order chi connectivity index (χ0) is 26.7. The third-order valence-electron chi connectivity index (χ3n) is 5.92. The molecule has 4 rings (SSSR count). The van der Waals surface area contributed by atoms with Gasteiger partial charge in [-0.05, 0) is 45.9 Å². The molecule has 200 valence electrons. The molecule has 3 amide bonds. The number of amides is 3. The second-order valence-electron chi connectivity index (χ2n) is 10.1. The maximum Gasteiger partial charge on any atom is 0.414 e. The van der Waals surface area contributed by atoms with Crippen LogP contribution in [-0.4, -0.2) is 89.0 Å². The number of alkyl carbamates (subject to hydrolysis) is 1. The number of carbonyl (C=O) groups is 3. The highest BCUT2D eigenvalue weighted by molar-refractivity contribution is 5.90. The number of benzene rings is 1. The fourth-order valence-electron chi connectivity index (χ4n) is 4.21. The van der Waals surface area contributed by atoms with E-state index in [4.69, 9.17) is 9.47 Å². The van der Waals surface area contributed by atoms with Crippen molar-refractivity contribution in [2.45, 2.75) is 45.9 Å². The van der Waals surface area contributed by atoms with Crippen molar-refractivity contribution >= 4 is 29.5 Å². The monoisotopic (exact) mass is 517 g/mol. The summed E-state index contributed by atoms with van der Waals surface area (Å²) in [6.45, 7) is 9.16. The smallest absolute Gasteiger partial charge is 0.414 e. The van der Waals surface area contributed by atoms with Gasteiger partial charge in [0.15, 0.2) is 0 Å². The Hall–Kier alpha value is -3.90. The van der Waals surface area contributed by atoms with E-state index in [2.05, 4.69) is 15.6 Å². The molecule has 1 N–H and O–H groups in total. The molecule has 2 aliphatic rings. The quantitative estimate of drug-likeness (QED) is 0.617. The van der Waals surface area contributed by atoms with Crippen LogP contribution < -0.4 is 15.1 Å². The number of nitrogens with zero attached hydrogens (tertiary/aromatic N) is 6. The third kappa shape index (κ3) is 6.66. The van der Waals surface area contributed by atoms with Crippen LogP contribution in [0.1, 0.15) is 26.5 Å². The van der Waals surface area contributed by atoms with E-state index in [-0.39, 0.29) is 19.0 Å². The minimum atomic E-state index is -0.650. The Kier molecular flexibility index (Phi) is 7.50. The largest absolute Gasteiger partial charge is 0.444 e. The Morgan fingerprint density at radius 1 is 1.22 bits per heavy atom. The van der Waals surface area contributed by atoms with Gasteiger partial charge in [0.25, 0.3) is 0 Å². The first-order valence-corrected chi connectivity index (χ1v) is 12.1. The number of halogens is 1. The van der Waals surface area contributed by atoms with Gasteiger partial charge in [0.2, 0.25) is 5.91 Å². The number of anilines is 2. The van der Waals surface area contributed by atoms with Gasteiger partial charge in [0, 0.05) is 32.4 Å². The SMILES string of the molecule is Cc1cn(C[C@H]2CN(c3ccc(N4CCN(C(=O)CNC(=O)OC(C)(C)C)CC4)c(F)c3)C(=O)O2)nn1. The molecule has 1 atom stereocenters. The molecule has 2 aliphatic heterocycles. The highest BCUT2D eigenvalue weighted by atomic mass is 19.1. The number of aryl methyl sites for hydroxylation is 1. The molecule has 3 heterocycles. The predicted octanol–water partition coefficient (Wildman–Crippen LogP) is 1.92. The van der Waals surface area contributed by atoms with Gasteiger partial charge in [-0.1, -0.05) is 5.21 Å². The van der Waals surface area contributed by atoms with Gasteiger partial charge in [-0.15, -0.1) is 5.10 Å². The molecule has 0 aliphatic carbocycles. The summed E-state index contributed by atoms with van der Waals surface area (Å²) in [5, 5.41) is 10.4. The van der Waals surface area contributed by atoms with Crippen molar-refractivity contribution in [2.75, 3.05) is 49.1 Å². The number of nitrogens with one attached hydrogen (secondary N) is 1. The van der Waals surface area contributed by atoms with Gasteiger partial charge in [0.05, 0.1) is 30.2 Å². The number of hydrogen-bond acceptors (Lipinski definition) is 8. The van der Waals surface area contributed by atoms with E-state index < -0.39 is 29.7 Å². The Bertz CT molecular complexity index is 1160. The Labute approximate surface area is 214 Å². The van der Waals surface area contributed by atoms with E-state index in [0.29, 0.717) is 44.1 Å². The first-order chi connectivity index (χ1) is 17.5. The number of carbonyl (C=O) groups excluding carboxylic acids is 3. The summed E-state index contributed by atoms with van der Waals surface area (Å²) in [6, 6.07) is 4.64. The van der Waals surface area contributed by atoms with Crippen LogP contribution in [0.25, 0.3) is 0 Å². The van der Waals surface area contributed by atoms with Gasteiger partial charge in [0.1, 0.15) is 24.1 Å². The number of aromatic nitrogens is 3. The summed E-state index contributed by atoms with van der Waals surface area (Å²) in [5.41, 5.74) is 0.920. The predicted molar refractivity (Wildman–Crippen MR) is 132 cm³/mol. The van der Waals surface area contributed by atoms with Gasteiger partial charge >= 0.3 is 12.2 Å². The Morgan fingerprint density at radius 2 is 1.95 bits per heavy atom. The Balaban J connectivity index is 1.29. The molecule has 37 heavy (non-hydrogen) atoms. The van der Waals surface area contributed by atoms with Crippen molar-refractivity contribution in [1.82, 2.24) is 25.2 Å². The summed E-state index contributed by atoms with van der Waals surface area (Å²) >= 11 is 0. The van der Waals surface area contributed by atoms with Crippen molar-refractivity contribution < 1.29 is 28.2 Å². The molecule has 12 nitrogen and oxygen atoms in total. The zero-order valence-electron chi connectivity index (χ0n) is 21.4. The standard InChI is InChI=1S/C24H32FN7O5/c1-16-13-31(28-27-16)14-18-15-32(23(35)36-18)17-5-6-20(19(25)11-17)29-7-9-30(10-8-29)21(33)12-26-22(34)37-24(2,3)4/h5-6,11,13,18H,7-10,12,14-15H2,1-4H3,(H,26,34)/t18-/m0/s1. The number of rotatable bonds is 6. The van der Waals surface area contributed by atoms with E-state index in [1.807, 2.05) is 11.8 Å². The number of hydrogen-bond donors (Lipinski definition) is 1.